The highest BCUT2D eigenvalue weighted by Gasteiger charge is 1.97. The second-order valence-electron chi connectivity index (χ2n) is 3.31. The Balaban J connectivity index is 2.61. The molecule has 0 spiro atoms. The normalized spacial score (nSPS) is 10.5. The van der Waals surface area contributed by atoms with E-state index in [1.54, 1.807) is 0 Å². The Morgan fingerprint density at radius 2 is 2.15 bits per heavy atom. The topological polar surface area (TPSA) is 0 Å². The van der Waals surface area contributed by atoms with E-state index in [4.69, 9.17) is 0 Å². The number of benzene rings is 2. The lowest BCUT2D eigenvalue weighted by atomic mass is 10.0. The Labute approximate surface area is 79.2 Å². The van der Waals surface area contributed by atoms with Gasteiger partial charge in [-0.25, -0.2) is 0 Å². The van der Waals surface area contributed by atoms with Crippen molar-refractivity contribution in [2.24, 2.45) is 0 Å². The molecule has 2 aromatic rings. The summed E-state index contributed by atoms with van der Waals surface area (Å²) in [5.41, 5.74) is 1.44. The number of rotatable bonds is 2. The first-order valence-corrected chi connectivity index (χ1v) is 4.79. The van der Waals surface area contributed by atoms with Crippen LogP contribution in [0.1, 0.15) is 18.9 Å². The van der Waals surface area contributed by atoms with E-state index in [-0.39, 0.29) is 0 Å². The number of hydrogen-bond donors (Lipinski definition) is 0. The van der Waals surface area contributed by atoms with Crippen molar-refractivity contribution in [3.8, 4) is 0 Å². The van der Waals surface area contributed by atoms with Crippen LogP contribution in [0.2, 0.25) is 0 Å². The largest absolute Gasteiger partial charge is 0.0651 e. The van der Waals surface area contributed by atoms with Gasteiger partial charge in [-0.1, -0.05) is 43.7 Å². The summed E-state index contributed by atoms with van der Waals surface area (Å²) >= 11 is 0. The molecule has 0 heterocycles. The van der Waals surface area contributed by atoms with Crippen LogP contribution in [0, 0.1) is 6.07 Å². The molecule has 0 aliphatic rings. The monoisotopic (exact) mass is 169 g/mol. The van der Waals surface area contributed by atoms with Crippen molar-refractivity contribution in [2.75, 3.05) is 0 Å². The lowest BCUT2D eigenvalue weighted by Gasteiger charge is -2.03. The second kappa shape index (κ2) is 3.61. The van der Waals surface area contributed by atoms with Crippen molar-refractivity contribution in [2.45, 2.75) is 19.8 Å². The maximum Gasteiger partial charge on any atom is -0.0146 e. The highest BCUT2D eigenvalue weighted by atomic mass is 14.0. The van der Waals surface area contributed by atoms with Gasteiger partial charge in [0.1, 0.15) is 0 Å². The van der Waals surface area contributed by atoms with E-state index >= 15 is 0 Å². The standard InChI is InChI=1S/C13H13/c1-2-6-11-8-5-9-12-7-3-4-10-13(11)12/h3,5,7-10H,2,6H2,1H3. The van der Waals surface area contributed by atoms with Crippen LogP contribution in [0.3, 0.4) is 0 Å². The fourth-order valence-electron chi connectivity index (χ4n) is 1.71. The van der Waals surface area contributed by atoms with Crippen molar-refractivity contribution in [3.05, 3.63) is 48.0 Å². The molecule has 0 saturated carbocycles. The maximum atomic E-state index is 3.13. The zero-order valence-corrected chi connectivity index (χ0v) is 7.88. The zero-order valence-electron chi connectivity index (χ0n) is 7.88. The molecule has 0 aromatic heterocycles. The third-order valence-electron chi connectivity index (χ3n) is 2.34. The highest BCUT2D eigenvalue weighted by molar-refractivity contribution is 5.85. The van der Waals surface area contributed by atoms with E-state index < -0.39 is 0 Å². The number of aryl methyl sites for hydroxylation is 1. The van der Waals surface area contributed by atoms with E-state index in [9.17, 15) is 0 Å². The fourth-order valence-corrected chi connectivity index (χ4v) is 1.71. The molecule has 0 N–H and O–H groups in total. The van der Waals surface area contributed by atoms with Gasteiger partial charge in [0.2, 0.25) is 0 Å². The minimum Gasteiger partial charge on any atom is -0.0651 e. The molecule has 0 nitrogen and oxygen atoms in total. The Hall–Kier alpha value is -1.30. The molecule has 0 saturated heterocycles. The first-order chi connectivity index (χ1) is 6.42. The van der Waals surface area contributed by atoms with E-state index in [2.05, 4.69) is 43.3 Å². The smallest absolute Gasteiger partial charge is 0.0146 e. The van der Waals surface area contributed by atoms with Crippen LogP contribution in [0.15, 0.2) is 36.4 Å². The summed E-state index contributed by atoms with van der Waals surface area (Å²) in [5, 5.41) is 2.68. The van der Waals surface area contributed by atoms with Gasteiger partial charge in [-0.15, -0.1) is 0 Å². The molecule has 0 amide bonds. The van der Waals surface area contributed by atoms with Crippen LogP contribution in [0.25, 0.3) is 10.8 Å². The fraction of sp³-hybridized carbons (Fsp3) is 0.231. The van der Waals surface area contributed by atoms with Crippen molar-refractivity contribution in [1.29, 1.82) is 0 Å². The quantitative estimate of drug-likeness (QED) is 0.644. The molecule has 0 atom stereocenters. The SMILES string of the molecule is CCCc1cccc2cc[c]cc12. The molecule has 0 bridgehead atoms. The van der Waals surface area contributed by atoms with Crippen molar-refractivity contribution >= 4 is 10.8 Å². The summed E-state index contributed by atoms with van der Waals surface area (Å²) in [7, 11) is 0. The van der Waals surface area contributed by atoms with Crippen LogP contribution in [0.5, 0.6) is 0 Å². The van der Waals surface area contributed by atoms with Crippen LogP contribution >= 0.6 is 0 Å². The average molecular weight is 169 g/mol. The van der Waals surface area contributed by atoms with Gasteiger partial charge < -0.3 is 0 Å². The van der Waals surface area contributed by atoms with Gasteiger partial charge in [-0.2, -0.15) is 0 Å². The van der Waals surface area contributed by atoms with Crippen LogP contribution in [0.4, 0.5) is 0 Å². The molecular formula is C13H13. The van der Waals surface area contributed by atoms with Crippen LogP contribution < -0.4 is 0 Å². The second-order valence-corrected chi connectivity index (χ2v) is 3.31. The Bertz CT molecular complexity index is 396. The summed E-state index contributed by atoms with van der Waals surface area (Å²) in [6.07, 6.45) is 2.36. The van der Waals surface area contributed by atoms with E-state index in [0.717, 1.165) is 6.42 Å². The van der Waals surface area contributed by atoms with Gasteiger partial charge in [-0.05, 0) is 34.9 Å². The average Bonchev–Trinajstić information content (AvgIpc) is 2.19. The zero-order chi connectivity index (χ0) is 9.10. The van der Waals surface area contributed by atoms with E-state index in [1.165, 1.54) is 22.8 Å². The molecule has 65 valence electrons. The van der Waals surface area contributed by atoms with Crippen LogP contribution in [-0.2, 0) is 6.42 Å². The van der Waals surface area contributed by atoms with E-state index in [1.807, 2.05) is 6.07 Å². The first kappa shape index (κ1) is 8.31. The summed E-state index contributed by atoms with van der Waals surface area (Å²) in [5.74, 6) is 0. The predicted octanol–water partition coefficient (Wildman–Crippen LogP) is 3.59. The molecule has 2 rings (SSSR count). The van der Waals surface area contributed by atoms with Crippen LogP contribution in [-0.4, -0.2) is 0 Å². The lowest BCUT2D eigenvalue weighted by Crippen LogP contribution is -1.84. The minimum atomic E-state index is 1.16. The molecule has 0 aliphatic carbocycles. The maximum absolute atomic E-state index is 3.13. The number of fused-ring (bicyclic) bond motifs is 1. The van der Waals surface area contributed by atoms with Gasteiger partial charge in [-0.3, -0.25) is 0 Å². The van der Waals surface area contributed by atoms with Crippen molar-refractivity contribution in [3.63, 3.8) is 0 Å². The highest BCUT2D eigenvalue weighted by Crippen LogP contribution is 2.19. The molecule has 0 aliphatic heterocycles. The molecule has 0 unspecified atom stereocenters. The molecule has 0 heteroatoms. The van der Waals surface area contributed by atoms with Gasteiger partial charge in [0.15, 0.2) is 0 Å². The summed E-state index contributed by atoms with van der Waals surface area (Å²) in [6.45, 7) is 2.21. The molecule has 2 aromatic carbocycles. The summed E-state index contributed by atoms with van der Waals surface area (Å²) < 4.78 is 0. The van der Waals surface area contributed by atoms with Gasteiger partial charge >= 0.3 is 0 Å². The molecule has 1 radical (unpaired) electrons. The summed E-state index contributed by atoms with van der Waals surface area (Å²) in [6, 6.07) is 15.8. The summed E-state index contributed by atoms with van der Waals surface area (Å²) in [4.78, 5) is 0. The molecule has 0 fully saturated rings. The van der Waals surface area contributed by atoms with Gasteiger partial charge in [0, 0.05) is 0 Å². The predicted molar refractivity (Wildman–Crippen MR) is 56.8 cm³/mol. The van der Waals surface area contributed by atoms with Crippen molar-refractivity contribution in [1.82, 2.24) is 0 Å². The molecular weight excluding hydrogens is 156 g/mol. The third-order valence-corrected chi connectivity index (χ3v) is 2.34. The molecule has 13 heavy (non-hydrogen) atoms. The minimum absolute atomic E-state index is 1.16. The van der Waals surface area contributed by atoms with Crippen molar-refractivity contribution < 1.29 is 0 Å². The number of hydrogen-bond acceptors (Lipinski definition) is 0. The Morgan fingerprint density at radius 3 is 3.00 bits per heavy atom. The van der Waals surface area contributed by atoms with Gasteiger partial charge in [0.05, 0.1) is 0 Å². The lowest BCUT2D eigenvalue weighted by molar-refractivity contribution is 0.929. The first-order valence-electron chi connectivity index (χ1n) is 4.79. The third kappa shape index (κ3) is 1.57. The Morgan fingerprint density at radius 1 is 1.23 bits per heavy atom. The van der Waals surface area contributed by atoms with Gasteiger partial charge in [0.25, 0.3) is 0 Å². The van der Waals surface area contributed by atoms with E-state index in [0.29, 0.717) is 0 Å². The Kier molecular flexibility index (Phi) is 2.31.